The van der Waals surface area contributed by atoms with Crippen molar-refractivity contribution in [1.82, 2.24) is 15.0 Å². The zero-order valence-corrected chi connectivity index (χ0v) is 15.0. The van der Waals surface area contributed by atoms with Crippen LogP contribution in [0.15, 0.2) is 46.3 Å². The summed E-state index contributed by atoms with van der Waals surface area (Å²) >= 11 is 3.77. The molecule has 0 bridgehead atoms. The van der Waals surface area contributed by atoms with Gasteiger partial charge in [-0.2, -0.15) is 4.98 Å². The van der Waals surface area contributed by atoms with E-state index in [1.807, 2.05) is 46.7 Å². The fourth-order valence-electron chi connectivity index (χ4n) is 2.51. The van der Waals surface area contributed by atoms with Gasteiger partial charge >= 0.3 is 0 Å². The maximum Gasteiger partial charge on any atom is 0.254 e. The number of rotatable bonds is 3. The van der Waals surface area contributed by atoms with Gasteiger partial charge in [0.25, 0.3) is 5.91 Å². The van der Waals surface area contributed by atoms with Crippen LogP contribution in [0.2, 0.25) is 0 Å². The predicted octanol–water partition coefficient (Wildman–Crippen LogP) is 3.64. The first-order valence-corrected chi connectivity index (χ1v) is 9.09. The van der Waals surface area contributed by atoms with Gasteiger partial charge in [-0.1, -0.05) is 23.4 Å². The molecule has 1 aliphatic heterocycles. The van der Waals surface area contributed by atoms with E-state index in [4.69, 9.17) is 4.52 Å². The van der Waals surface area contributed by atoms with E-state index in [2.05, 4.69) is 32.7 Å². The third-order valence-electron chi connectivity index (χ3n) is 3.81. The third-order valence-corrected chi connectivity index (χ3v) is 5.61. The lowest BCUT2D eigenvalue weighted by Crippen LogP contribution is -2.48. The second-order valence-electron chi connectivity index (χ2n) is 5.32. The van der Waals surface area contributed by atoms with Crippen molar-refractivity contribution >= 4 is 39.8 Å². The van der Waals surface area contributed by atoms with Gasteiger partial charge in [0.2, 0.25) is 11.7 Å². The highest BCUT2D eigenvalue weighted by atomic mass is 127. The lowest BCUT2D eigenvalue weighted by molar-refractivity contribution is 0.0568. The lowest BCUT2D eigenvalue weighted by atomic mass is 9.99. The molecule has 1 aromatic carbocycles. The molecule has 7 heteroatoms. The smallest absolute Gasteiger partial charge is 0.254 e. The molecule has 116 valence electrons. The average molecular weight is 437 g/mol. The molecule has 0 spiro atoms. The molecular weight excluding hydrogens is 425 g/mol. The highest BCUT2D eigenvalue weighted by molar-refractivity contribution is 14.1. The highest BCUT2D eigenvalue weighted by Gasteiger charge is 2.36. The van der Waals surface area contributed by atoms with Crippen LogP contribution in [0.5, 0.6) is 0 Å². The maximum atomic E-state index is 12.5. The third kappa shape index (κ3) is 2.78. The van der Waals surface area contributed by atoms with E-state index in [1.54, 1.807) is 11.3 Å². The minimum Gasteiger partial charge on any atom is -0.339 e. The summed E-state index contributed by atoms with van der Waals surface area (Å²) in [6.07, 6.45) is 0. The molecule has 3 heterocycles. The van der Waals surface area contributed by atoms with Gasteiger partial charge in [0.05, 0.1) is 16.4 Å². The summed E-state index contributed by atoms with van der Waals surface area (Å²) in [5.74, 6) is 1.42. The van der Waals surface area contributed by atoms with E-state index in [0.29, 0.717) is 24.8 Å². The van der Waals surface area contributed by atoms with Crippen LogP contribution in [0.1, 0.15) is 22.2 Å². The number of halogens is 1. The fraction of sp³-hybridized carbons (Fsp3) is 0.188. The molecule has 1 saturated heterocycles. The number of aromatic nitrogens is 2. The normalized spacial score (nSPS) is 14.7. The molecule has 1 fully saturated rings. The van der Waals surface area contributed by atoms with Crippen molar-refractivity contribution in [1.29, 1.82) is 0 Å². The molecular formula is C16H12IN3O2S. The summed E-state index contributed by atoms with van der Waals surface area (Å²) in [4.78, 5) is 19.7. The molecule has 2 aromatic heterocycles. The summed E-state index contributed by atoms with van der Waals surface area (Å²) in [6, 6.07) is 11.5. The van der Waals surface area contributed by atoms with Crippen molar-refractivity contribution in [2.45, 2.75) is 5.92 Å². The molecule has 5 nitrogen and oxygen atoms in total. The Labute approximate surface area is 150 Å². The van der Waals surface area contributed by atoms with Crippen LogP contribution in [-0.2, 0) is 0 Å². The molecule has 0 saturated carbocycles. The van der Waals surface area contributed by atoms with E-state index in [-0.39, 0.29) is 11.8 Å². The first-order chi connectivity index (χ1) is 11.2. The SMILES string of the molecule is O=C(c1ccccc1I)N1CC(c2nc(-c3cccs3)no2)C1. The molecule has 1 amide bonds. The van der Waals surface area contributed by atoms with Gasteiger partial charge in [0.15, 0.2) is 0 Å². The number of amides is 1. The second kappa shape index (κ2) is 6.04. The number of benzene rings is 1. The summed E-state index contributed by atoms with van der Waals surface area (Å²) in [5.41, 5.74) is 0.747. The summed E-state index contributed by atoms with van der Waals surface area (Å²) in [5, 5.41) is 6.01. The monoisotopic (exact) mass is 437 g/mol. The van der Waals surface area contributed by atoms with Gasteiger partial charge in [-0.15, -0.1) is 11.3 Å². The van der Waals surface area contributed by atoms with Gasteiger partial charge in [-0.25, -0.2) is 0 Å². The van der Waals surface area contributed by atoms with Gasteiger partial charge in [-0.05, 0) is 46.2 Å². The van der Waals surface area contributed by atoms with Crippen LogP contribution in [-0.4, -0.2) is 34.0 Å². The van der Waals surface area contributed by atoms with E-state index < -0.39 is 0 Å². The number of likely N-dealkylation sites (tertiary alicyclic amines) is 1. The standard InChI is InChI=1S/C16H12IN3O2S/c17-12-5-2-1-4-11(12)16(21)20-8-10(9-20)15-18-14(19-22-15)13-6-3-7-23-13/h1-7,10H,8-9H2. The van der Waals surface area contributed by atoms with Gasteiger partial charge in [0, 0.05) is 16.7 Å². The number of hydrogen-bond donors (Lipinski definition) is 0. The quantitative estimate of drug-likeness (QED) is 0.588. The number of nitrogens with zero attached hydrogens (tertiary/aromatic N) is 3. The molecule has 4 rings (SSSR count). The molecule has 0 atom stereocenters. The first kappa shape index (κ1) is 14.8. The average Bonchev–Trinajstić information content (AvgIpc) is 3.17. The largest absolute Gasteiger partial charge is 0.339 e. The lowest BCUT2D eigenvalue weighted by Gasteiger charge is -2.37. The Morgan fingerprint density at radius 1 is 1.26 bits per heavy atom. The summed E-state index contributed by atoms with van der Waals surface area (Å²) < 4.78 is 6.32. The Kier molecular flexibility index (Phi) is 3.90. The number of carbonyl (C=O) groups is 1. The number of hydrogen-bond acceptors (Lipinski definition) is 5. The minimum atomic E-state index is 0.0595. The molecule has 23 heavy (non-hydrogen) atoms. The Hall–Kier alpha value is -1.74. The van der Waals surface area contributed by atoms with Crippen molar-refractivity contribution < 1.29 is 9.32 Å². The van der Waals surface area contributed by atoms with Gasteiger partial charge in [0.1, 0.15) is 0 Å². The predicted molar refractivity (Wildman–Crippen MR) is 95.4 cm³/mol. The van der Waals surface area contributed by atoms with Crippen molar-refractivity contribution in [2.24, 2.45) is 0 Å². The van der Waals surface area contributed by atoms with Crippen LogP contribution < -0.4 is 0 Å². The van der Waals surface area contributed by atoms with Crippen molar-refractivity contribution in [3.8, 4) is 10.7 Å². The number of carbonyl (C=O) groups excluding carboxylic acids is 1. The van der Waals surface area contributed by atoms with Gasteiger partial charge < -0.3 is 9.42 Å². The topological polar surface area (TPSA) is 59.2 Å². The first-order valence-electron chi connectivity index (χ1n) is 7.13. The van der Waals surface area contributed by atoms with E-state index in [9.17, 15) is 4.79 Å². The van der Waals surface area contributed by atoms with Crippen molar-refractivity contribution in [3.05, 3.63) is 56.8 Å². The maximum absolute atomic E-state index is 12.5. The zero-order valence-electron chi connectivity index (χ0n) is 12.0. The van der Waals surface area contributed by atoms with E-state index in [1.165, 1.54) is 0 Å². The van der Waals surface area contributed by atoms with Gasteiger partial charge in [-0.3, -0.25) is 4.79 Å². The number of thiophene rings is 1. The van der Waals surface area contributed by atoms with Crippen LogP contribution in [0, 0.1) is 3.57 Å². The Morgan fingerprint density at radius 3 is 2.83 bits per heavy atom. The molecule has 0 radical (unpaired) electrons. The Balaban J connectivity index is 1.44. The molecule has 3 aromatic rings. The van der Waals surface area contributed by atoms with Crippen LogP contribution in [0.25, 0.3) is 10.7 Å². The van der Waals surface area contributed by atoms with Crippen LogP contribution in [0.4, 0.5) is 0 Å². The van der Waals surface area contributed by atoms with Crippen molar-refractivity contribution in [2.75, 3.05) is 13.1 Å². The molecule has 0 N–H and O–H groups in total. The second-order valence-corrected chi connectivity index (χ2v) is 7.43. The Bertz CT molecular complexity index is 841. The van der Waals surface area contributed by atoms with E-state index in [0.717, 1.165) is 14.0 Å². The molecule has 0 unspecified atom stereocenters. The summed E-state index contributed by atoms with van der Waals surface area (Å²) in [7, 11) is 0. The molecule has 0 aliphatic carbocycles. The van der Waals surface area contributed by atoms with Crippen molar-refractivity contribution in [3.63, 3.8) is 0 Å². The van der Waals surface area contributed by atoms with Crippen LogP contribution in [0.3, 0.4) is 0 Å². The fourth-order valence-corrected chi connectivity index (χ4v) is 3.78. The summed E-state index contributed by atoms with van der Waals surface area (Å²) in [6.45, 7) is 1.24. The van der Waals surface area contributed by atoms with E-state index >= 15 is 0 Å². The Morgan fingerprint density at radius 2 is 2.09 bits per heavy atom. The highest BCUT2D eigenvalue weighted by Crippen LogP contribution is 2.30. The molecule has 1 aliphatic rings. The van der Waals surface area contributed by atoms with Crippen LogP contribution >= 0.6 is 33.9 Å². The minimum absolute atomic E-state index is 0.0595. The zero-order chi connectivity index (χ0) is 15.8.